The van der Waals surface area contributed by atoms with Crippen LogP contribution in [0, 0.1) is 0 Å². The van der Waals surface area contributed by atoms with E-state index < -0.39 is 0 Å². The Morgan fingerprint density at radius 3 is 2.77 bits per heavy atom. The van der Waals surface area contributed by atoms with E-state index in [1.54, 1.807) is 18.2 Å². The Morgan fingerprint density at radius 2 is 2.05 bits per heavy atom. The van der Waals surface area contributed by atoms with E-state index in [4.69, 9.17) is 10.5 Å². The molecule has 7 nitrogen and oxygen atoms in total. The summed E-state index contributed by atoms with van der Waals surface area (Å²) in [6.07, 6.45) is 0. The first-order chi connectivity index (χ1) is 10.7. The van der Waals surface area contributed by atoms with E-state index in [-0.39, 0.29) is 5.91 Å². The molecule has 0 aliphatic rings. The van der Waals surface area contributed by atoms with E-state index in [1.165, 1.54) is 7.11 Å². The lowest BCUT2D eigenvalue weighted by molar-refractivity contribution is 0.102. The summed E-state index contributed by atoms with van der Waals surface area (Å²) in [5.41, 5.74) is 8.85. The molecule has 0 radical (unpaired) electrons. The second kappa shape index (κ2) is 5.82. The second-order valence-electron chi connectivity index (χ2n) is 4.72. The zero-order valence-electron chi connectivity index (χ0n) is 12.0. The van der Waals surface area contributed by atoms with Crippen molar-refractivity contribution in [2.45, 2.75) is 6.54 Å². The molecule has 0 saturated carbocycles. The van der Waals surface area contributed by atoms with Gasteiger partial charge in [0.15, 0.2) is 0 Å². The maximum atomic E-state index is 12.5. The minimum Gasteiger partial charge on any atom is -0.496 e. The maximum Gasteiger partial charge on any atom is 0.259 e. The van der Waals surface area contributed by atoms with Gasteiger partial charge in [0.1, 0.15) is 16.8 Å². The fraction of sp³-hybridized carbons (Fsp3) is 0.133. The van der Waals surface area contributed by atoms with Crippen molar-refractivity contribution < 1.29 is 9.53 Å². The van der Waals surface area contributed by atoms with Crippen molar-refractivity contribution in [3.8, 4) is 5.75 Å². The van der Waals surface area contributed by atoms with Crippen LogP contribution in [0.1, 0.15) is 15.9 Å². The molecule has 0 atom stereocenters. The molecule has 2 aromatic carbocycles. The zero-order chi connectivity index (χ0) is 15.5. The van der Waals surface area contributed by atoms with E-state index in [0.717, 1.165) is 5.56 Å². The smallest absolute Gasteiger partial charge is 0.259 e. The molecule has 112 valence electrons. The summed E-state index contributed by atoms with van der Waals surface area (Å²) in [6.45, 7) is 0.415. The number of amides is 1. The number of aromatic nitrogens is 3. The Kier molecular flexibility index (Phi) is 3.71. The Balaban J connectivity index is 1.93. The molecule has 1 aromatic heterocycles. The lowest BCUT2D eigenvalue weighted by atomic mass is 10.1. The first kappa shape index (κ1) is 14.0. The van der Waals surface area contributed by atoms with Crippen molar-refractivity contribution in [1.29, 1.82) is 0 Å². The molecule has 4 N–H and O–H groups in total. The molecule has 1 heterocycles. The van der Waals surface area contributed by atoms with Gasteiger partial charge in [-0.2, -0.15) is 15.4 Å². The number of fused-ring (bicyclic) bond motifs is 1. The highest BCUT2D eigenvalue weighted by Gasteiger charge is 2.15. The van der Waals surface area contributed by atoms with Crippen molar-refractivity contribution in [3.05, 3.63) is 47.5 Å². The lowest BCUT2D eigenvalue weighted by Gasteiger charge is -2.10. The fourth-order valence-corrected chi connectivity index (χ4v) is 2.19. The average Bonchev–Trinajstić information content (AvgIpc) is 3.01. The fourth-order valence-electron chi connectivity index (χ4n) is 2.19. The number of nitrogens with two attached hydrogens (primary N) is 1. The molecule has 0 saturated heterocycles. The minimum absolute atomic E-state index is 0.282. The standard InChI is InChI=1S/C15H15N5O2/c1-22-14-7-13-12(18-20-19-13)6-11(14)15(21)17-10-4-2-3-9(5-10)8-16/h2-7H,8,16H2,1H3,(H,17,21)(H,18,19,20). The van der Waals surface area contributed by atoms with Crippen LogP contribution in [0.4, 0.5) is 5.69 Å². The third-order valence-electron chi connectivity index (χ3n) is 3.30. The summed E-state index contributed by atoms with van der Waals surface area (Å²) in [5, 5.41) is 13.3. The van der Waals surface area contributed by atoms with Crippen LogP contribution in [0.3, 0.4) is 0 Å². The molecule has 0 aliphatic carbocycles. The van der Waals surface area contributed by atoms with Crippen molar-refractivity contribution in [2.75, 3.05) is 12.4 Å². The number of aromatic amines is 1. The number of hydrogen-bond donors (Lipinski definition) is 3. The highest BCUT2D eigenvalue weighted by Crippen LogP contribution is 2.24. The van der Waals surface area contributed by atoms with E-state index in [9.17, 15) is 4.79 Å². The van der Waals surface area contributed by atoms with Gasteiger partial charge in [-0.05, 0) is 23.8 Å². The molecule has 7 heteroatoms. The second-order valence-corrected chi connectivity index (χ2v) is 4.72. The Bertz CT molecular complexity index is 828. The summed E-state index contributed by atoms with van der Waals surface area (Å²) in [5.74, 6) is 0.157. The van der Waals surface area contributed by atoms with Gasteiger partial charge in [0.2, 0.25) is 0 Å². The Hall–Kier alpha value is -2.93. The van der Waals surface area contributed by atoms with Crippen molar-refractivity contribution >= 4 is 22.6 Å². The van der Waals surface area contributed by atoms with Crippen LogP contribution in [0.15, 0.2) is 36.4 Å². The summed E-state index contributed by atoms with van der Waals surface area (Å²) >= 11 is 0. The molecule has 1 amide bonds. The van der Waals surface area contributed by atoms with Crippen molar-refractivity contribution in [3.63, 3.8) is 0 Å². The number of carbonyl (C=O) groups is 1. The lowest BCUT2D eigenvalue weighted by Crippen LogP contribution is -2.13. The molecule has 22 heavy (non-hydrogen) atoms. The number of carbonyl (C=O) groups excluding carboxylic acids is 1. The summed E-state index contributed by atoms with van der Waals surface area (Å²) in [6, 6.07) is 10.7. The van der Waals surface area contributed by atoms with E-state index in [2.05, 4.69) is 20.7 Å². The van der Waals surface area contributed by atoms with E-state index in [0.29, 0.717) is 34.6 Å². The molecule has 0 bridgehead atoms. The molecular weight excluding hydrogens is 282 g/mol. The van der Waals surface area contributed by atoms with Gasteiger partial charge < -0.3 is 15.8 Å². The van der Waals surface area contributed by atoms with E-state index in [1.807, 2.05) is 18.2 Å². The monoisotopic (exact) mass is 297 g/mol. The highest BCUT2D eigenvalue weighted by atomic mass is 16.5. The van der Waals surface area contributed by atoms with Crippen LogP contribution in [0.5, 0.6) is 5.75 Å². The number of methoxy groups -OCH3 is 1. The Labute approximate surface area is 126 Å². The predicted molar refractivity (Wildman–Crippen MR) is 82.7 cm³/mol. The van der Waals surface area contributed by atoms with Gasteiger partial charge in [-0.15, -0.1) is 0 Å². The number of anilines is 1. The van der Waals surface area contributed by atoms with Crippen LogP contribution < -0.4 is 15.8 Å². The van der Waals surface area contributed by atoms with Crippen LogP contribution >= 0.6 is 0 Å². The molecule has 0 aliphatic heterocycles. The van der Waals surface area contributed by atoms with Crippen LogP contribution in [-0.4, -0.2) is 28.4 Å². The summed E-state index contributed by atoms with van der Waals surface area (Å²) in [7, 11) is 1.51. The van der Waals surface area contributed by atoms with Crippen LogP contribution in [0.2, 0.25) is 0 Å². The van der Waals surface area contributed by atoms with Gasteiger partial charge in [-0.3, -0.25) is 4.79 Å². The largest absolute Gasteiger partial charge is 0.496 e. The predicted octanol–water partition coefficient (Wildman–Crippen LogP) is 1.68. The zero-order valence-corrected chi connectivity index (χ0v) is 12.0. The number of H-pyrrole nitrogens is 1. The number of benzene rings is 2. The van der Waals surface area contributed by atoms with Crippen molar-refractivity contribution in [2.24, 2.45) is 5.73 Å². The van der Waals surface area contributed by atoms with Crippen molar-refractivity contribution in [1.82, 2.24) is 15.4 Å². The van der Waals surface area contributed by atoms with Crippen LogP contribution in [-0.2, 0) is 6.54 Å². The third-order valence-corrected chi connectivity index (χ3v) is 3.30. The normalized spacial score (nSPS) is 10.6. The first-order valence-electron chi connectivity index (χ1n) is 6.70. The molecule has 3 rings (SSSR count). The first-order valence-corrected chi connectivity index (χ1v) is 6.70. The van der Waals surface area contributed by atoms with Gasteiger partial charge >= 0.3 is 0 Å². The molecular formula is C15H15N5O2. The Morgan fingerprint density at radius 1 is 1.27 bits per heavy atom. The third kappa shape index (κ3) is 2.61. The molecule has 0 fully saturated rings. The summed E-state index contributed by atoms with van der Waals surface area (Å²) in [4.78, 5) is 12.5. The topological polar surface area (TPSA) is 106 Å². The SMILES string of the molecule is COc1cc2n[nH]nc2cc1C(=O)Nc1cccc(CN)c1. The number of rotatable bonds is 4. The van der Waals surface area contributed by atoms with Gasteiger partial charge in [-0.25, -0.2) is 0 Å². The number of ether oxygens (including phenoxy) is 1. The van der Waals surface area contributed by atoms with Gasteiger partial charge in [0, 0.05) is 18.3 Å². The summed E-state index contributed by atoms with van der Waals surface area (Å²) < 4.78 is 5.26. The quantitative estimate of drug-likeness (QED) is 0.679. The molecule has 0 spiro atoms. The van der Waals surface area contributed by atoms with E-state index >= 15 is 0 Å². The van der Waals surface area contributed by atoms with Gasteiger partial charge in [-0.1, -0.05) is 12.1 Å². The highest BCUT2D eigenvalue weighted by molar-refractivity contribution is 6.08. The number of nitrogens with one attached hydrogen (secondary N) is 2. The average molecular weight is 297 g/mol. The van der Waals surface area contributed by atoms with Crippen LogP contribution in [0.25, 0.3) is 11.0 Å². The van der Waals surface area contributed by atoms with Gasteiger partial charge in [0.25, 0.3) is 5.91 Å². The minimum atomic E-state index is -0.282. The number of hydrogen-bond acceptors (Lipinski definition) is 5. The molecule has 3 aromatic rings. The number of nitrogens with zero attached hydrogens (tertiary/aromatic N) is 2. The van der Waals surface area contributed by atoms with Gasteiger partial charge in [0.05, 0.1) is 12.7 Å². The molecule has 0 unspecified atom stereocenters. The maximum absolute atomic E-state index is 12.5.